The number of ketones is 1. The lowest BCUT2D eigenvalue weighted by molar-refractivity contribution is -0.138. The van der Waals surface area contributed by atoms with E-state index < -0.39 is 5.97 Å². The molecule has 0 saturated heterocycles. The Bertz CT molecular complexity index is 699. The Morgan fingerprint density at radius 1 is 1.33 bits per heavy atom. The van der Waals surface area contributed by atoms with Crippen molar-refractivity contribution < 1.29 is 14.7 Å². The first-order valence-corrected chi connectivity index (χ1v) is 6.89. The first kappa shape index (κ1) is 15.0. The summed E-state index contributed by atoms with van der Waals surface area (Å²) in [5.41, 5.74) is 2.77. The highest BCUT2D eigenvalue weighted by atomic mass is 16.4. The van der Waals surface area contributed by atoms with Gasteiger partial charge < -0.3 is 5.11 Å². The lowest BCUT2D eigenvalue weighted by Gasteiger charge is -2.01. The van der Waals surface area contributed by atoms with Crippen LogP contribution in [0.25, 0.3) is 11.6 Å². The van der Waals surface area contributed by atoms with Gasteiger partial charge in [0.05, 0.1) is 17.6 Å². The third-order valence-corrected chi connectivity index (χ3v) is 3.17. The Kier molecular flexibility index (Phi) is 4.52. The van der Waals surface area contributed by atoms with E-state index >= 15 is 0 Å². The molecule has 0 aliphatic rings. The molecule has 0 bridgehead atoms. The molecule has 2 rings (SSSR count). The quantitative estimate of drug-likeness (QED) is 0.829. The summed E-state index contributed by atoms with van der Waals surface area (Å²) in [7, 11) is 0. The van der Waals surface area contributed by atoms with Gasteiger partial charge in [0.1, 0.15) is 0 Å². The number of hydrogen-bond donors (Lipinski definition) is 1. The maximum Gasteiger partial charge on any atom is 0.303 e. The van der Waals surface area contributed by atoms with Gasteiger partial charge in [0.25, 0.3) is 0 Å². The Morgan fingerprint density at radius 2 is 2.10 bits per heavy atom. The summed E-state index contributed by atoms with van der Waals surface area (Å²) in [6.07, 6.45) is 4.92. The van der Waals surface area contributed by atoms with E-state index in [9.17, 15) is 9.59 Å². The molecule has 110 valence electrons. The van der Waals surface area contributed by atoms with Gasteiger partial charge in [-0.3, -0.25) is 9.59 Å². The fourth-order valence-electron chi connectivity index (χ4n) is 2.12. The van der Waals surface area contributed by atoms with E-state index in [1.807, 2.05) is 38.2 Å². The first-order chi connectivity index (χ1) is 9.99. The molecule has 2 aromatic heterocycles. The van der Waals surface area contributed by atoms with Crippen LogP contribution in [-0.2, 0) is 9.59 Å². The second-order valence-corrected chi connectivity index (χ2v) is 5.18. The van der Waals surface area contributed by atoms with Gasteiger partial charge in [-0.25, -0.2) is 4.52 Å². The largest absolute Gasteiger partial charge is 0.481 e. The van der Waals surface area contributed by atoms with Crippen molar-refractivity contribution in [2.45, 2.75) is 32.6 Å². The van der Waals surface area contributed by atoms with Gasteiger partial charge in [0.15, 0.2) is 5.78 Å². The molecule has 0 unspecified atom stereocenters. The maximum atomic E-state index is 11.7. The summed E-state index contributed by atoms with van der Waals surface area (Å²) in [5, 5.41) is 13.1. The van der Waals surface area contributed by atoms with Crippen LogP contribution in [0.2, 0.25) is 0 Å². The standard InChI is InChI=1S/C16H18N2O3/c1-11(2)16-13(8-6-12(19)7-9-15(20)21)14-5-3-4-10-18(14)17-16/h3-6,8,10-11H,7,9H2,1-2H3,(H,20,21)/b8-6+. The molecule has 5 nitrogen and oxygen atoms in total. The zero-order chi connectivity index (χ0) is 15.4. The zero-order valence-corrected chi connectivity index (χ0v) is 12.1. The van der Waals surface area contributed by atoms with E-state index in [1.165, 1.54) is 6.08 Å². The number of aliphatic carboxylic acids is 1. The van der Waals surface area contributed by atoms with E-state index in [2.05, 4.69) is 5.10 Å². The monoisotopic (exact) mass is 286 g/mol. The van der Waals surface area contributed by atoms with Crippen molar-refractivity contribution in [3.63, 3.8) is 0 Å². The SMILES string of the molecule is CC(C)c1nn2ccccc2c1/C=C/C(=O)CCC(=O)O. The number of carboxylic acid groups (broad SMARTS) is 1. The third kappa shape index (κ3) is 3.56. The summed E-state index contributed by atoms with van der Waals surface area (Å²) in [6, 6.07) is 5.76. The number of nitrogens with zero attached hydrogens (tertiary/aromatic N) is 2. The second kappa shape index (κ2) is 6.35. The van der Waals surface area contributed by atoms with Crippen LogP contribution < -0.4 is 0 Å². The van der Waals surface area contributed by atoms with Gasteiger partial charge in [-0.1, -0.05) is 19.9 Å². The summed E-state index contributed by atoms with van der Waals surface area (Å²) < 4.78 is 1.79. The smallest absolute Gasteiger partial charge is 0.303 e. The Labute approximate surface area is 122 Å². The molecule has 2 aromatic rings. The predicted molar refractivity (Wildman–Crippen MR) is 80.2 cm³/mol. The summed E-state index contributed by atoms with van der Waals surface area (Å²) in [6.45, 7) is 4.09. The van der Waals surface area contributed by atoms with Crippen molar-refractivity contribution in [1.82, 2.24) is 9.61 Å². The van der Waals surface area contributed by atoms with Crippen LogP contribution in [0.3, 0.4) is 0 Å². The average Bonchev–Trinajstić information content (AvgIpc) is 2.82. The topological polar surface area (TPSA) is 71.7 Å². The van der Waals surface area contributed by atoms with Crippen LogP contribution in [0.4, 0.5) is 0 Å². The highest BCUT2D eigenvalue weighted by Crippen LogP contribution is 2.24. The zero-order valence-electron chi connectivity index (χ0n) is 12.1. The van der Waals surface area contributed by atoms with E-state index in [1.54, 1.807) is 10.6 Å². The molecule has 0 amide bonds. The van der Waals surface area contributed by atoms with Crippen molar-refractivity contribution in [3.05, 3.63) is 41.7 Å². The molecule has 0 fully saturated rings. The Balaban J connectivity index is 2.30. The number of hydrogen-bond acceptors (Lipinski definition) is 3. The molecule has 2 heterocycles. The maximum absolute atomic E-state index is 11.7. The number of fused-ring (bicyclic) bond motifs is 1. The lowest BCUT2D eigenvalue weighted by atomic mass is 10.0. The van der Waals surface area contributed by atoms with Crippen molar-refractivity contribution in [3.8, 4) is 0 Å². The molecule has 5 heteroatoms. The number of allylic oxidation sites excluding steroid dienone is 1. The Hall–Kier alpha value is -2.43. The average molecular weight is 286 g/mol. The molecule has 0 aliphatic heterocycles. The number of pyridine rings is 1. The summed E-state index contributed by atoms with van der Waals surface area (Å²) in [5.74, 6) is -0.920. The molecule has 0 aromatic carbocycles. The summed E-state index contributed by atoms with van der Waals surface area (Å²) >= 11 is 0. The lowest BCUT2D eigenvalue weighted by Crippen LogP contribution is -2.00. The molecular weight excluding hydrogens is 268 g/mol. The molecule has 0 aliphatic carbocycles. The third-order valence-electron chi connectivity index (χ3n) is 3.17. The second-order valence-electron chi connectivity index (χ2n) is 5.18. The molecule has 21 heavy (non-hydrogen) atoms. The molecule has 0 radical (unpaired) electrons. The van der Waals surface area contributed by atoms with Crippen LogP contribution in [0.15, 0.2) is 30.5 Å². The van der Waals surface area contributed by atoms with E-state index in [0.29, 0.717) is 0 Å². The Morgan fingerprint density at radius 3 is 2.76 bits per heavy atom. The normalized spacial score (nSPS) is 11.6. The number of carbonyl (C=O) groups excluding carboxylic acids is 1. The van der Waals surface area contributed by atoms with Crippen LogP contribution in [0.5, 0.6) is 0 Å². The van der Waals surface area contributed by atoms with Crippen molar-refractivity contribution >= 4 is 23.3 Å². The summed E-state index contributed by atoms with van der Waals surface area (Å²) in [4.78, 5) is 22.1. The number of carboxylic acids is 1. The van der Waals surface area contributed by atoms with Gasteiger partial charge in [-0.05, 0) is 30.2 Å². The van der Waals surface area contributed by atoms with Crippen LogP contribution in [0.1, 0.15) is 43.9 Å². The minimum absolute atomic E-state index is 0.0159. The minimum atomic E-state index is -0.962. The molecule has 0 atom stereocenters. The van der Waals surface area contributed by atoms with Gasteiger partial charge in [-0.2, -0.15) is 5.10 Å². The fraction of sp³-hybridized carbons (Fsp3) is 0.312. The molecule has 0 spiro atoms. The molecule has 0 saturated carbocycles. The first-order valence-electron chi connectivity index (χ1n) is 6.89. The fourth-order valence-corrected chi connectivity index (χ4v) is 2.12. The van der Waals surface area contributed by atoms with Gasteiger partial charge in [0.2, 0.25) is 0 Å². The van der Waals surface area contributed by atoms with Crippen molar-refractivity contribution in [2.75, 3.05) is 0 Å². The van der Waals surface area contributed by atoms with E-state index in [-0.39, 0.29) is 24.5 Å². The predicted octanol–water partition coefficient (Wildman–Crippen LogP) is 2.90. The van der Waals surface area contributed by atoms with E-state index in [4.69, 9.17) is 5.11 Å². The molecule has 1 N–H and O–H groups in total. The van der Waals surface area contributed by atoms with Gasteiger partial charge in [-0.15, -0.1) is 0 Å². The van der Waals surface area contributed by atoms with Crippen molar-refractivity contribution in [2.24, 2.45) is 0 Å². The van der Waals surface area contributed by atoms with Gasteiger partial charge >= 0.3 is 5.97 Å². The van der Waals surface area contributed by atoms with Crippen molar-refractivity contribution in [1.29, 1.82) is 0 Å². The van der Waals surface area contributed by atoms with Crippen LogP contribution in [0, 0.1) is 0 Å². The van der Waals surface area contributed by atoms with E-state index in [0.717, 1.165) is 16.8 Å². The number of carbonyl (C=O) groups is 2. The molecular formula is C16H18N2O3. The minimum Gasteiger partial charge on any atom is -0.481 e. The highest BCUT2D eigenvalue weighted by molar-refractivity contribution is 5.96. The van der Waals surface area contributed by atoms with Gasteiger partial charge in [0, 0.05) is 18.2 Å². The van der Waals surface area contributed by atoms with Crippen LogP contribution >= 0.6 is 0 Å². The number of rotatable bonds is 6. The number of aromatic nitrogens is 2. The van der Waals surface area contributed by atoms with Crippen LogP contribution in [-0.4, -0.2) is 26.5 Å². The highest BCUT2D eigenvalue weighted by Gasteiger charge is 2.13.